The highest BCUT2D eigenvalue weighted by Crippen LogP contribution is 2.41. The third-order valence-corrected chi connectivity index (χ3v) is 5.28. The zero-order valence-corrected chi connectivity index (χ0v) is 17.2. The first-order valence-electron chi connectivity index (χ1n) is 9.97. The third-order valence-electron chi connectivity index (χ3n) is 5.28. The molecule has 0 aromatic heterocycles. The number of carboxylic acid groups (broad SMARTS) is 1. The maximum Gasteiger partial charge on any atom is 0.339 e. The molecular formula is C25H28O4. The Balaban J connectivity index is 1.94. The minimum atomic E-state index is -1.13. The monoisotopic (exact) mass is 392 g/mol. The number of aromatic hydroxyl groups is 1. The Morgan fingerprint density at radius 2 is 1.90 bits per heavy atom. The Labute approximate surface area is 172 Å². The summed E-state index contributed by atoms with van der Waals surface area (Å²) in [5.41, 5.74) is 3.21. The number of hydrogen-bond acceptors (Lipinski definition) is 3. The van der Waals surface area contributed by atoms with E-state index >= 15 is 0 Å². The molecular weight excluding hydrogens is 364 g/mol. The molecule has 0 saturated carbocycles. The van der Waals surface area contributed by atoms with Crippen molar-refractivity contribution >= 4 is 12.0 Å². The molecule has 1 heterocycles. The molecule has 0 radical (unpaired) electrons. The summed E-state index contributed by atoms with van der Waals surface area (Å²) in [5.74, 6) is -0.835. The fraction of sp³-hybridized carbons (Fsp3) is 0.320. The number of allylic oxidation sites excluding steroid dienone is 2. The molecule has 152 valence electrons. The predicted octanol–water partition coefficient (Wildman–Crippen LogP) is 5.79. The van der Waals surface area contributed by atoms with Gasteiger partial charge in [-0.2, -0.15) is 0 Å². The summed E-state index contributed by atoms with van der Waals surface area (Å²) in [6.45, 7) is 6.15. The predicted molar refractivity (Wildman–Crippen MR) is 116 cm³/mol. The van der Waals surface area contributed by atoms with E-state index in [0.717, 1.165) is 24.0 Å². The molecule has 2 aromatic carbocycles. The van der Waals surface area contributed by atoms with Crippen molar-refractivity contribution < 1.29 is 19.7 Å². The molecule has 0 amide bonds. The molecule has 2 aromatic rings. The van der Waals surface area contributed by atoms with Crippen molar-refractivity contribution in [1.82, 2.24) is 0 Å². The number of phenols is 1. The highest BCUT2D eigenvalue weighted by Gasteiger charge is 2.31. The van der Waals surface area contributed by atoms with E-state index in [2.05, 4.69) is 19.9 Å². The lowest BCUT2D eigenvalue weighted by molar-refractivity contribution is 0.0692. The number of carbonyl (C=O) groups is 1. The van der Waals surface area contributed by atoms with Gasteiger partial charge >= 0.3 is 5.97 Å². The first kappa shape index (κ1) is 20.7. The van der Waals surface area contributed by atoms with Crippen LogP contribution in [0.4, 0.5) is 0 Å². The van der Waals surface area contributed by atoms with Gasteiger partial charge in [0.05, 0.1) is 0 Å². The number of ether oxygens (including phenoxy) is 1. The van der Waals surface area contributed by atoms with Crippen LogP contribution in [0.2, 0.25) is 0 Å². The number of hydrogen-bond donors (Lipinski definition) is 2. The summed E-state index contributed by atoms with van der Waals surface area (Å²) >= 11 is 0. The van der Waals surface area contributed by atoms with Gasteiger partial charge in [0.2, 0.25) is 0 Å². The molecule has 0 saturated heterocycles. The molecule has 1 aliphatic rings. The van der Waals surface area contributed by atoms with Gasteiger partial charge in [0.15, 0.2) is 0 Å². The average molecular weight is 392 g/mol. The van der Waals surface area contributed by atoms with Gasteiger partial charge in [0, 0.05) is 11.6 Å². The number of carboxylic acids is 1. The topological polar surface area (TPSA) is 66.8 Å². The third kappa shape index (κ3) is 4.89. The van der Waals surface area contributed by atoms with E-state index in [1.807, 2.05) is 49.4 Å². The van der Waals surface area contributed by atoms with E-state index in [1.54, 1.807) is 0 Å². The van der Waals surface area contributed by atoms with Gasteiger partial charge in [-0.3, -0.25) is 0 Å². The number of rotatable bonds is 7. The highest BCUT2D eigenvalue weighted by molar-refractivity contribution is 5.95. The van der Waals surface area contributed by atoms with E-state index in [4.69, 9.17) is 4.74 Å². The van der Waals surface area contributed by atoms with Crippen LogP contribution in [0.3, 0.4) is 0 Å². The van der Waals surface area contributed by atoms with E-state index in [-0.39, 0.29) is 11.3 Å². The van der Waals surface area contributed by atoms with Crippen LogP contribution in [0.1, 0.15) is 60.7 Å². The van der Waals surface area contributed by atoms with Crippen LogP contribution in [-0.2, 0) is 12.8 Å². The van der Waals surface area contributed by atoms with Crippen LogP contribution in [-0.4, -0.2) is 21.8 Å². The van der Waals surface area contributed by atoms with Crippen molar-refractivity contribution in [3.63, 3.8) is 0 Å². The van der Waals surface area contributed by atoms with Gasteiger partial charge < -0.3 is 14.9 Å². The van der Waals surface area contributed by atoms with Crippen molar-refractivity contribution in [2.45, 2.75) is 52.1 Å². The Kier molecular flexibility index (Phi) is 6.12. The van der Waals surface area contributed by atoms with Crippen LogP contribution in [0.15, 0.2) is 54.1 Å². The van der Waals surface area contributed by atoms with E-state index < -0.39 is 11.6 Å². The van der Waals surface area contributed by atoms with Crippen LogP contribution in [0.5, 0.6) is 11.5 Å². The van der Waals surface area contributed by atoms with Gasteiger partial charge in [0.1, 0.15) is 22.7 Å². The van der Waals surface area contributed by atoms with E-state index in [9.17, 15) is 15.0 Å². The Bertz CT molecular complexity index is 953. The van der Waals surface area contributed by atoms with Gasteiger partial charge in [-0.15, -0.1) is 0 Å². The molecule has 0 bridgehead atoms. The van der Waals surface area contributed by atoms with Crippen LogP contribution in [0.25, 0.3) is 6.08 Å². The lowest BCUT2D eigenvalue weighted by atomic mass is 9.89. The molecule has 4 nitrogen and oxygen atoms in total. The van der Waals surface area contributed by atoms with Gasteiger partial charge in [0.25, 0.3) is 0 Å². The van der Waals surface area contributed by atoms with Gasteiger partial charge in [-0.1, -0.05) is 48.1 Å². The van der Waals surface area contributed by atoms with Crippen molar-refractivity contribution in [2.24, 2.45) is 0 Å². The summed E-state index contributed by atoms with van der Waals surface area (Å²) in [5, 5.41) is 20.1. The lowest BCUT2D eigenvalue weighted by Gasteiger charge is -2.33. The van der Waals surface area contributed by atoms with E-state index in [0.29, 0.717) is 24.2 Å². The highest BCUT2D eigenvalue weighted by atomic mass is 16.5. The molecule has 3 rings (SSSR count). The number of fused-ring (bicyclic) bond motifs is 1. The first-order chi connectivity index (χ1) is 13.8. The lowest BCUT2D eigenvalue weighted by Crippen LogP contribution is -2.32. The Hall–Kier alpha value is -3.01. The van der Waals surface area contributed by atoms with Crippen molar-refractivity contribution in [1.29, 1.82) is 0 Å². The summed E-state index contributed by atoms with van der Waals surface area (Å²) in [6.07, 6.45) is 9.01. The summed E-state index contributed by atoms with van der Waals surface area (Å²) in [6, 6.07) is 11.4. The van der Waals surface area contributed by atoms with E-state index in [1.165, 1.54) is 11.6 Å². The quantitative estimate of drug-likeness (QED) is 0.586. The minimum Gasteiger partial charge on any atom is -0.507 e. The Morgan fingerprint density at radius 3 is 2.55 bits per heavy atom. The molecule has 0 fully saturated rings. The second kappa shape index (κ2) is 8.56. The molecule has 0 spiro atoms. The van der Waals surface area contributed by atoms with Crippen LogP contribution < -0.4 is 4.74 Å². The zero-order valence-electron chi connectivity index (χ0n) is 17.2. The summed E-state index contributed by atoms with van der Waals surface area (Å²) in [7, 11) is 0. The maximum absolute atomic E-state index is 11.8. The SMILES string of the molecule is CC(C)=CCC[C@@]1(C)C=Cc2c(cc(O)c(C(=O)O)c2CCc2ccccc2)O1. The average Bonchev–Trinajstić information content (AvgIpc) is 2.65. The van der Waals surface area contributed by atoms with Crippen molar-refractivity contribution in [2.75, 3.05) is 0 Å². The molecule has 2 N–H and O–H groups in total. The number of benzene rings is 2. The number of aromatic carboxylic acids is 1. The van der Waals surface area contributed by atoms with Gasteiger partial charge in [-0.25, -0.2) is 4.79 Å². The fourth-order valence-electron chi connectivity index (χ4n) is 3.72. The van der Waals surface area contributed by atoms with Crippen LogP contribution in [0, 0.1) is 0 Å². The smallest absolute Gasteiger partial charge is 0.339 e. The standard InChI is InChI=1S/C25H28O4/c1-17(2)8-7-14-25(3)15-13-19-20(12-11-18-9-5-4-6-10-18)23(24(27)28)21(26)16-22(19)29-25/h4-6,8-10,13,15-16,26H,7,11-12,14H2,1-3H3,(H,27,28)/t25-/m0/s1. The largest absolute Gasteiger partial charge is 0.507 e. The molecule has 0 aliphatic carbocycles. The van der Waals surface area contributed by atoms with Crippen molar-refractivity contribution in [3.05, 3.63) is 76.4 Å². The second-order valence-corrected chi connectivity index (χ2v) is 8.02. The minimum absolute atomic E-state index is 0.0407. The molecule has 29 heavy (non-hydrogen) atoms. The Morgan fingerprint density at radius 1 is 1.17 bits per heavy atom. The molecule has 1 atom stereocenters. The van der Waals surface area contributed by atoms with Crippen molar-refractivity contribution in [3.8, 4) is 11.5 Å². The molecule has 4 heteroatoms. The fourth-order valence-corrected chi connectivity index (χ4v) is 3.72. The molecule has 1 aliphatic heterocycles. The normalized spacial score (nSPS) is 17.3. The summed E-state index contributed by atoms with van der Waals surface area (Å²) in [4.78, 5) is 11.8. The molecule has 0 unspecified atom stereocenters. The second-order valence-electron chi connectivity index (χ2n) is 8.02. The number of aryl methyl sites for hydroxylation is 1. The van der Waals surface area contributed by atoms with Crippen LogP contribution >= 0.6 is 0 Å². The first-order valence-corrected chi connectivity index (χ1v) is 9.97. The zero-order chi connectivity index (χ0) is 21.0. The van der Waals surface area contributed by atoms with Gasteiger partial charge in [-0.05, 0) is 63.7 Å². The maximum atomic E-state index is 11.8. The summed E-state index contributed by atoms with van der Waals surface area (Å²) < 4.78 is 6.24.